The van der Waals surface area contributed by atoms with Crippen molar-refractivity contribution in [2.75, 3.05) is 12.4 Å². The topological polar surface area (TPSA) is 40.5 Å². The first kappa shape index (κ1) is 16.5. The van der Waals surface area contributed by atoms with Gasteiger partial charge in [0, 0.05) is 11.5 Å². The average molecular weight is 282 g/mol. The number of hydrogen-bond acceptors (Lipinski definition) is 3. The van der Waals surface area contributed by atoms with Crippen LogP contribution in [-0.2, 0) is 11.2 Å². The first-order valence-corrected chi connectivity index (χ1v) is 7.88. The van der Waals surface area contributed by atoms with E-state index in [0.29, 0.717) is 5.75 Å². The highest BCUT2D eigenvalue weighted by atomic mass is 32.2. The first-order chi connectivity index (χ1) is 8.75. The van der Waals surface area contributed by atoms with E-state index in [-0.39, 0.29) is 12.0 Å². The molecular weight excluding hydrogens is 256 g/mol. The summed E-state index contributed by atoms with van der Waals surface area (Å²) in [5.74, 6) is 1.47. The van der Waals surface area contributed by atoms with Crippen LogP contribution < -0.4 is 0 Å². The highest BCUT2D eigenvalue weighted by Crippen LogP contribution is 2.28. The van der Waals surface area contributed by atoms with Gasteiger partial charge in [-0.25, -0.2) is 0 Å². The minimum absolute atomic E-state index is 0.159. The van der Waals surface area contributed by atoms with Crippen LogP contribution in [0.4, 0.5) is 0 Å². The third-order valence-electron chi connectivity index (χ3n) is 3.33. The van der Waals surface area contributed by atoms with Crippen LogP contribution in [0.15, 0.2) is 12.1 Å². The second-order valence-corrected chi connectivity index (χ2v) is 7.22. The van der Waals surface area contributed by atoms with Crippen LogP contribution >= 0.6 is 11.8 Å². The molecule has 0 aliphatic carbocycles. The number of aliphatic hydroxyl groups excluding tert-OH is 2. The van der Waals surface area contributed by atoms with Crippen molar-refractivity contribution in [3.05, 3.63) is 34.4 Å². The molecule has 0 saturated carbocycles. The summed E-state index contributed by atoms with van der Waals surface area (Å²) in [6, 6.07) is 4.54. The Bertz CT molecular complexity index is 398. The molecule has 0 radical (unpaired) electrons. The van der Waals surface area contributed by atoms with Crippen molar-refractivity contribution in [1.82, 2.24) is 0 Å². The lowest BCUT2D eigenvalue weighted by Gasteiger charge is -2.22. The van der Waals surface area contributed by atoms with Gasteiger partial charge in [0.05, 0.1) is 12.7 Å². The van der Waals surface area contributed by atoms with Gasteiger partial charge in [0.15, 0.2) is 0 Å². The van der Waals surface area contributed by atoms with E-state index in [1.807, 2.05) is 0 Å². The lowest BCUT2D eigenvalue weighted by atomic mass is 9.84. The van der Waals surface area contributed by atoms with Crippen molar-refractivity contribution >= 4 is 11.8 Å². The summed E-state index contributed by atoms with van der Waals surface area (Å²) in [5.41, 5.74) is 5.52. The minimum Gasteiger partial charge on any atom is -0.394 e. The number of rotatable bonds is 5. The van der Waals surface area contributed by atoms with Gasteiger partial charge < -0.3 is 10.2 Å². The molecule has 1 unspecified atom stereocenters. The molecule has 0 amide bonds. The van der Waals surface area contributed by atoms with Gasteiger partial charge in [-0.15, -0.1) is 0 Å². The third-order valence-corrected chi connectivity index (χ3v) is 4.44. The molecule has 1 rings (SSSR count). The van der Waals surface area contributed by atoms with Crippen LogP contribution in [0, 0.1) is 13.8 Å². The molecule has 1 aromatic rings. The van der Waals surface area contributed by atoms with E-state index in [1.165, 1.54) is 22.3 Å². The van der Waals surface area contributed by atoms with E-state index in [0.717, 1.165) is 5.75 Å². The molecule has 2 N–H and O–H groups in total. The molecule has 108 valence electrons. The van der Waals surface area contributed by atoms with Crippen molar-refractivity contribution in [3.63, 3.8) is 0 Å². The zero-order valence-electron chi connectivity index (χ0n) is 12.7. The monoisotopic (exact) mass is 282 g/mol. The second kappa shape index (κ2) is 6.78. The third kappa shape index (κ3) is 4.83. The Morgan fingerprint density at radius 3 is 2.11 bits per heavy atom. The maximum Gasteiger partial charge on any atom is 0.0861 e. The molecule has 0 aliphatic heterocycles. The van der Waals surface area contributed by atoms with Crippen molar-refractivity contribution in [2.45, 2.75) is 51.9 Å². The minimum atomic E-state index is -0.612. The van der Waals surface area contributed by atoms with Gasteiger partial charge in [-0.1, -0.05) is 32.9 Å². The lowest BCUT2D eigenvalue weighted by Crippen LogP contribution is -2.15. The van der Waals surface area contributed by atoms with Gasteiger partial charge >= 0.3 is 0 Å². The van der Waals surface area contributed by atoms with E-state index in [2.05, 4.69) is 46.8 Å². The van der Waals surface area contributed by atoms with Gasteiger partial charge in [0.25, 0.3) is 0 Å². The van der Waals surface area contributed by atoms with Crippen molar-refractivity contribution in [2.24, 2.45) is 0 Å². The summed E-state index contributed by atoms with van der Waals surface area (Å²) >= 11 is 1.67. The van der Waals surface area contributed by atoms with Crippen LogP contribution in [-0.4, -0.2) is 28.7 Å². The maximum absolute atomic E-state index is 9.35. The number of aliphatic hydroxyl groups is 2. The van der Waals surface area contributed by atoms with Crippen molar-refractivity contribution in [3.8, 4) is 0 Å². The predicted molar refractivity (Wildman–Crippen MR) is 83.9 cm³/mol. The molecule has 0 fully saturated rings. The molecule has 0 spiro atoms. The van der Waals surface area contributed by atoms with Gasteiger partial charge in [-0.05, 0) is 41.5 Å². The Balaban J connectivity index is 2.80. The van der Waals surface area contributed by atoms with E-state index < -0.39 is 6.10 Å². The Labute approximate surface area is 121 Å². The molecular formula is C16H26O2S. The highest BCUT2D eigenvalue weighted by Gasteiger charge is 2.16. The van der Waals surface area contributed by atoms with Gasteiger partial charge in [-0.3, -0.25) is 0 Å². The van der Waals surface area contributed by atoms with Crippen molar-refractivity contribution in [1.29, 1.82) is 0 Å². The molecule has 0 aromatic heterocycles. The quantitative estimate of drug-likeness (QED) is 0.871. The second-order valence-electron chi connectivity index (χ2n) is 6.19. The fraction of sp³-hybridized carbons (Fsp3) is 0.625. The first-order valence-electron chi connectivity index (χ1n) is 6.73. The van der Waals surface area contributed by atoms with Crippen LogP contribution in [0.3, 0.4) is 0 Å². The SMILES string of the molecule is Cc1cc(C(C)(C)C)cc(C)c1CSCC(O)CO. The normalized spacial score (nSPS) is 13.6. The summed E-state index contributed by atoms with van der Waals surface area (Å²) < 4.78 is 0. The smallest absolute Gasteiger partial charge is 0.0861 e. The summed E-state index contributed by atoms with van der Waals surface area (Å²) in [6.07, 6.45) is -0.612. The van der Waals surface area contributed by atoms with Gasteiger partial charge in [0.2, 0.25) is 0 Å². The van der Waals surface area contributed by atoms with Crippen LogP contribution in [0.5, 0.6) is 0 Å². The lowest BCUT2D eigenvalue weighted by molar-refractivity contribution is 0.113. The van der Waals surface area contributed by atoms with E-state index in [1.54, 1.807) is 11.8 Å². The van der Waals surface area contributed by atoms with Crippen molar-refractivity contribution < 1.29 is 10.2 Å². The summed E-state index contributed by atoms with van der Waals surface area (Å²) in [7, 11) is 0. The molecule has 1 atom stereocenters. The predicted octanol–water partition coefficient (Wildman–Crippen LogP) is 3.19. The molecule has 1 aromatic carbocycles. The molecule has 3 heteroatoms. The largest absolute Gasteiger partial charge is 0.394 e. The molecule has 2 nitrogen and oxygen atoms in total. The number of benzene rings is 1. The maximum atomic E-state index is 9.35. The molecule has 0 aliphatic rings. The molecule has 19 heavy (non-hydrogen) atoms. The summed E-state index contributed by atoms with van der Waals surface area (Å²) in [5, 5.41) is 18.2. The van der Waals surface area contributed by atoms with E-state index in [4.69, 9.17) is 5.11 Å². The van der Waals surface area contributed by atoms with Gasteiger partial charge in [-0.2, -0.15) is 11.8 Å². The Morgan fingerprint density at radius 2 is 1.68 bits per heavy atom. The Hall–Kier alpha value is -0.510. The molecule has 0 heterocycles. The number of hydrogen-bond donors (Lipinski definition) is 2. The van der Waals surface area contributed by atoms with Gasteiger partial charge in [0.1, 0.15) is 0 Å². The zero-order chi connectivity index (χ0) is 14.6. The van der Waals surface area contributed by atoms with E-state index in [9.17, 15) is 5.11 Å². The number of aryl methyl sites for hydroxylation is 2. The highest BCUT2D eigenvalue weighted by molar-refractivity contribution is 7.98. The van der Waals surface area contributed by atoms with Crippen LogP contribution in [0.1, 0.15) is 43.0 Å². The fourth-order valence-corrected chi connectivity index (χ4v) is 3.16. The molecule has 0 saturated heterocycles. The number of thioether (sulfide) groups is 1. The average Bonchev–Trinajstić information content (AvgIpc) is 2.30. The molecule has 0 bridgehead atoms. The Morgan fingerprint density at radius 1 is 1.16 bits per heavy atom. The standard InChI is InChI=1S/C16H26O2S/c1-11-6-13(16(3,4)5)7-12(2)15(11)10-19-9-14(18)8-17/h6-7,14,17-18H,8-10H2,1-5H3. The van der Waals surface area contributed by atoms with E-state index >= 15 is 0 Å². The fourth-order valence-electron chi connectivity index (χ4n) is 2.00. The van der Waals surface area contributed by atoms with Crippen LogP contribution in [0.25, 0.3) is 0 Å². The zero-order valence-corrected chi connectivity index (χ0v) is 13.5. The Kier molecular flexibility index (Phi) is 5.90. The summed E-state index contributed by atoms with van der Waals surface area (Å²) in [6.45, 7) is 10.8. The van der Waals surface area contributed by atoms with Crippen LogP contribution in [0.2, 0.25) is 0 Å². The summed E-state index contributed by atoms with van der Waals surface area (Å²) in [4.78, 5) is 0.